The predicted molar refractivity (Wildman–Crippen MR) is 76.5 cm³/mol. The highest BCUT2D eigenvalue weighted by molar-refractivity contribution is 7.89. The fraction of sp³-hybridized carbons (Fsp3) is 0.538. The molecule has 5 nitrogen and oxygen atoms in total. The summed E-state index contributed by atoms with van der Waals surface area (Å²) in [6.45, 7) is 5.17. The van der Waals surface area contributed by atoms with Crippen molar-refractivity contribution < 1.29 is 13.5 Å². The Balaban J connectivity index is 3.35. The third-order valence-electron chi connectivity index (χ3n) is 2.98. The van der Waals surface area contributed by atoms with Crippen LogP contribution in [0.1, 0.15) is 31.9 Å². The van der Waals surface area contributed by atoms with Crippen LogP contribution in [-0.2, 0) is 22.9 Å². The summed E-state index contributed by atoms with van der Waals surface area (Å²) in [5.41, 5.74) is 7.93. The lowest BCUT2D eigenvalue weighted by molar-refractivity contribution is 0.265. The zero-order valence-electron chi connectivity index (χ0n) is 11.6. The molecule has 0 fully saturated rings. The number of aliphatic hydroxyl groups is 1. The van der Waals surface area contributed by atoms with Crippen LogP contribution in [0.3, 0.4) is 0 Å². The molecule has 0 aromatic heterocycles. The molecule has 1 aromatic carbocycles. The second-order valence-corrected chi connectivity index (χ2v) is 6.26. The van der Waals surface area contributed by atoms with Crippen LogP contribution in [0.4, 0.5) is 5.69 Å². The molecular weight excluding hydrogens is 264 g/mol. The molecule has 0 spiro atoms. The maximum Gasteiger partial charge on any atom is 0.241 e. The van der Waals surface area contributed by atoms with Gasteiger partial charge in [0.2, 0.25) is 10.0 Å². The Bertz CT molecular complexity index is 541. The average Bonchev–Trinajstić information content (AvgIpc) is 2.36. The molecule has 1 rings (SSSR count). The summed E-state index contributed by atoms with van der Waals surface area (Å²) in [6.07, 6.45) is 1.26. The molecule has 6 heteroatoms. The van der Waals surface area contributed by atoms with E-state index in [2.05, 4.69) is 4.72 Å². The van der Waals surface area contributed by atoms with E-state index in [1.54, 1.807) is 13.0 Å². The normalized spacial score (nSPS) is 13.5. The number of nitrogens with one attached hydrogen (secondary N) is 1. The SMILES string of the molecule is CCc1cc(N)c(CC)c(S(=O)(=O)N[C@@H](C)CO)c1. The molecular formula is C13H22N2O3S. The summed E-state index contributed by atoms with van der Waals surface area (Å²) in [6, 6.07) is 2.94. The molecule has 0 bridgehead atoms. The van der Waals surface area contributed by atoms with Gasteiger partial charge in [-0.1, -0.05) is 13.8 Å². The van der Waals surface area contributed by atoms with E-state index in [1.807, 2.05) is 19.9 Å². The number of nitrogen functional groups attached to an aromatic ring is 1. The van der Waals surface area contributed by atoms with Gasteiger partial charge in [0.1, 0.15) is 0 Å². The van der Waals surface area contributed by atoms with Gasteiger partial charge in [-0.2, -0.15) is 0 Å². The van der Waals surface area contributed by atoms with Crippen molar-refractivity contribution >= 4 is 15.7 Å². The largest absolute Gasteiger partial charge is 0.398 e. The van der Waals surface area contributed by atoms with E-state index in [-0.39, 0.29) is 11.5 Å². The Hall–Kier alpha value is -1.11. The van der Waals surface area contributed by atoms with E-state index in [0.29, 0.717) is 24.1 Å². The maximum atomic E-state index is 12.3. The van der Waals surface area contributed by atoms with Gasteiger partial charge in [0, 0.05) is 11.7 Å². The predicted octanol–water partition coefficient (Wildman–Crippen LogP) is 1.05. The molecule has 0 amide bonds. The molecule has 4 N–H and O–H groups in total. The van der Waals surface area contributed by atoms with E-state index in [9.17, 15) is 8.42 Å². The van der Waals surface area contributed by atoms with Gasteiger partial charge in [-0.05, 0) is 43.0 Å². The molecule has 0 aliphatic rings. The molecule has 0 aliphatic carbocycles. The number of hydrogen-bond acceptors (Lipinski definition) is 4. The van der Waals surface area contributed by atoms with Crippen LogP contribution in [0.2, 0.25) is 0 Å². The Labute approximate surface area is 114 Å². The summed E-state index contributed by atoms with van der Waals surface area (Å²) < 4.78 is 27.1. The molecule has 108 valence electrons. The molecule has 0 saturated carbocycles. The Morgan fingerprint density at radius 3 is 2.42 bits per heavy atom. The van der Waals surface area contributed by atoms with E-state index >= 15 is 0 Å². The zero-order valence-corrected chi connectivity index (χ0v) is 12.4. The highest BCUT2D eigenvalue weighted by atomic mass is 32.2. The number of nitrogens with two attached hydrogens (primary N) is 1. The number of benzene rings is 1. The van der Waals surface area contributed by atoms with Gasteiger partial charge >= 0.3 is 0 Å². The second kappa shape index (κ2) is 6.36. The summed E-state index contributed by atoms with van der Waals surface area (Å²) in [7, 11) is -3.66. The summed E-state index contributed by atoms with van der Waals surface area (Å²) in [5.74, 6) is 0. The summed E-state index contributed by atoms with van der Waals surface area (Å²) >= 11 is 0. The van der Waals surface area contributed by atoms with Crippen LogP contribution in [0, 0.1) is 0 Å². The molecule has 0 aliphatic heterocycles. The highest BCUT2D eigenvalue weighted by Gasteiger charge is 2.22. The zero-order chi connectivity index (χ0) is 14.6. The minimum Gasteiger partial charge on any atom is -0.398 e. The maximum absolute atomic E-state index is 12.3. The monoisotopic (exact) mass is 286 g/mol. The Kier molecular flexibility index (Phi) is 5.34. The topological polar surface area (TPSA) is 92.4 Å². The number of hydrogen-bond donors (Lipinski definition) is 3. The number of sulfonamides is 1. The first kappa shape index (κ1) is 15.9. The van der Waals surface area contributed by atoms with Gasteiger partial charge in [0.25, 0.3) is 0 Å². The van der Waals surface area contributed by atoms with Crippen LogP contribution in [-0.4, -0.2) is 26.2 Å². The standard InChI is InChI=1S/C13H22N2O3S/c1-4-10-6-12(14)11(5-2)13(7-10)19(17,18)15-9(3)8-16/h6-7,9,15-16H,4-5,8,14H2,1-3H3/t9-/m0/s1. The number of aliphatic hydroxyl groups excluding tert-OH is 1. The van der Waals surface area contributed by atoms with Crippen LogP contribution in [0.5, 0.6) is 0 Å². The van der Waals surface area contributed by atoms with Crippen molar-refractivity contribution in [3.05, 3.63) is 23.3 Å². The van der Waals surface area contributed by atoms with E-state index in [1.165, 1.54) is 0 Å². The van der Waals surface area contributed by atoms with Crippen LogP contribution < -0.4 is 10.5 Å². The van der Waals surface area contributed by atoms with Gasteiger partial charge < -0.3 is 10.8 Å². The van der Waals surface area contributed by atoms with Gasteiger partial charge in [-0.25, -0.2) is 13.1 Å². The molecule has 0 saturated heterocycles. The summed E-state index contributed by atoms with van der Waals surface area (Å²) in [4.78, 5) is 0.215. The lowest BCUT2D eigenvalue weighted by Crippen LogP contribution is -2.35. The molecule has 1 atom stereocenters. The summed E-state index contributed by atoms with van der Waals surface area (Å²) in [5, 5.41) is 8.98. The van der Waals surface area contributed by atoms with Crippen molar-refractivity contribution in [2.24, 2.45) is 0 Å². The van der Waals surface area contributed by atoms with Gasteiger partial charge in [0.15, 0.2) is 0 Å². The quantitative estimate of drug-likeness (QED) is 0.682. The molecule has 0 unspecified atom stereocenters. The number of rotatable bonds is 6. The van der Waals surface area contributed by atoms with E-state index < -0.39 is 16.1 Å². The van der Waals surface area contributed by atoms with Gasteiger partial charge in [-0.15, -0.1) is 0 Å². The molecule has 0 heterocycles. The van der Waals surface area contributed by atoms with Crippen LogP contribution in [0.15, 0.2) is 17.0 Å². The van der Waals surface area contributed by atoms with Crippen LogP contribution in [0.25, 0.3) is 0 Å². The highest BCUT2D eigenvalue weighted by Crippen LogP contribution is 2.25. The lowest BCUT2D eigenvalue weighted by Gasteiger charge is -2.16. The molecule has 19 heavy (non-hydrogen) atoms. The van der Waals surface area contributed by atoms with Crippen molar-refractivity contribution in [1.29, 1.82) is 0 Å². The number of aryl methyl sites for hydroxylation is 1. The number of anilines is 1. The Morgan fingerprint density at radius 1 is 1.32 bits per heavy atom. The first-order valence-electron chi connectivity index (χ1n) is 6.40. The van der Waals surface area contributed by atoms with Crippen molar-refractivity contribution in [3.8, 4) is 0 Å². The fourth-order valence-corrected chi connectivity index (χ4v) is 3.54. The third kappa shape index (κ3) is 3.68. The smallest absolute Gasteiger partial charge is 0.241 e. The van der Waals surface area contributed by atoms with Crippen molar-refractivity contribution in [2.75, 3.05) is 12.3 Å². The molecule has 1 aromatic rings. The second-order valence-electron chi connectivity index (χ2n) is 4.57. The van der Waals surface area contributed by atoms with Crippen molar-refractivity contribution in [1.82, 2.24) is 4.72 Å². The third-order valence-corrected chi connectivity index (χ3v) is 4.64. The first-order valence-corrected chi connectivity index (χ1v) is 7.88. The van der Waals surface area contributed by atoms with Gasteiger partial charge in [-0.3, -0.25) is 0 Å². The Morgan fingerprint density at radius 2 is 1.95 bits per heavy atom. The minimum absolute atomic E-state index is 0.215. The lowest BCUT2D eigenvalue weighted by atomic mass is 10.1. The average molecular weight is 286 g/mol. The minimum atomic E-state index is -3.66. The van der Waals surface area contributed by atoms with Gasteiger partial charge in [0.05, 0.1) is 11.5 Å². The molecule has 0 radical (unpaired) electrons. The fourth-order valence-electron chi connectivity index (χ4n) is 1.91. The first-order chi connectivity index (χ1) is 8.85. The van der Waals surface area contributed by atoms with E-state index in [4.69, 9.17) is 10.8 Å². The van der Waals surface area contributed by atoms with Crippen molar-refractivity contribution in [2.45, 2.75) is 44.6 Å². The van der Waals surface area contributed by atoms with E-state index in [0.717, 1.165) is 5.56 Å². The van der Waals surface area contributed by atoms with Crippen molar-refractivity contribution in [3.63, 3.8) is 0 Å². The van der Waals surface area contributed by atoms with Crippen LogP contribution >= 0.6 is 0 Å².